The second-order valence-corrected chi connectivity index (χ2v) is 11.4. The van der Waals surface area contributed by atoms with Gasteiger partial charge in [0.25, 0.3) is 11.8 Å². The van der Waals surface area contributed by atoms with Gasteiger partial charge in [0.1, 0.15) is 11.5 Å². The number of benzene rings is 4. The lowest BCUT2D eigenvalue weighted by Crippen LogP contribution is -2.30. The van der Waals surface area contributed by atoms with E-state index in [1.165, 1.54) is 36.0 Å². The lowest BCUT2D eigenvalue weighted by Gasteiger charge is -2.14. The molecular formula is C32H26Cl2FN3O3S. The number of amides is 3. The fourth-order valence-electron chi connectivity index (χ4n) is 3.72. The summed E-state index contributed by atoms with van der Waals surface area (Å²) < 4.78 is 14.5. The topological polar surface area (TPSA) is 87.3 Å². The SMILES string of the molecule is Cc1ccc(NC(=O)C(C)Sc2ccc(NC(=O)/C(=C/c3c(F)cccc3Cl)NC(=O)c3ccccc3)cc2)cc1Cl. The molecule has 0 aromatic heterocycles. The van der Waals surface area contributed by atoms with Crippen LogP contribution < -0.4 is 16.0 Å². The van der Waals surface area contributed by atoms with E-state index < -0.39 is 22.9 Å². The summed E-state index contributed by atoms with van der Waals surface area (Å²) in [6.07, 6.45) is 1.19. The number of carbonyl (C=O) groups excluding carboxylic acids is 3. The van der Waals surface area contributed by atoms with Crippen molar-refractivity contribution in [3.05, 3.63) is 129 Å². The van der Waals surface area contributed by atoms with Gasteiger partial charge in [-0.1, -0.05) is 53.5 Å². The Kier molecular flexibility index (Phi) is 10.4. The molecular weight excluding hydrogens is 596 g/mol. The highest BCUT2D eigenvalue weighted by Gasteiger charge is 2.18. The molecule has 4 rings (SSSR count). The van der Waals surface area contributed by atoms with E-state index in [0.29, 0.717) is 22.0 Å². The summed E-state index contributed by atoms with van der Waals surface area (Å²) in [7, 11) is 0. The molecule has 3 amide bonds. The van der Waals surface area contributed by atoms with E-state index >= 15 is 0 Å². The first kappa shape index (κ1) is 30.8. The average Bonchev–Trinajstić information content (AvgIpc) is 2.97. The van der Waals surface area contributed by atoms with E-state index in [1.807, 2.05) is 13.0 Å². The number of hydrogen-bond donors (Lipinski definition) is 3. The smallest absolute Gasteiger partial charge is 0.272 e. The standard InChI is InChI=1S/C32H26Cl2FN3O3S/c1-19-11-12-23(17-27(19)34)37-30(39)20(2)42-24-15-13-22(14-16-24)36-32(41)29(18-25-26(33)9-6-10-28(25)35)38-31(40)21-7-4-3-5-8-21/h3-18,20H,1-2H3,(H,36,41)(H,37,39)(H,38,40)/b29-18-. The van der Waals surface area contributed by atoms with Crippen molar-refractivity contribution in [3.63, 3.8) is 0 Å². The van der Waals surface area contributed by atoms with Crippen molar-refractivity contribution >= 4 is 70.1 Å². The molecule has 0 saturated carbocycles. The molecule has 0 aliphatic rings. The van der Waals surface area contributed by atoms with E-state index in [9.17, 15) is 18.8 Å². The Balaban J connectivity index is 1.46. The molecule has 0 spiro atoms. The van der Waals surface area contributed by atoms with Crippen LogP contribution in [0, 0.1) is 12.7 Å². The van der Waals surface area contributed by atoms with Crippen LogP contribution in [0.2, 0.25) is 10.0 Å². The minimum atomic E-state index is -0.677. The van der Waals surface area contributed by atoms with Gasteiger partial charge in [-0.2, -0.15) is 0 Å². The molecule has 0 saturated heterocycles. The van der Waals surface area contributed by atoms with Crippen molar-refractivity contribution in [1.29, 1.82) is 0 Å². The summed E-state index contributed by atoms with van der Waals surface area (Å²) in [4.78, 5) is 39.5. The summed E-state index contributed by atoms with van der Waals surface area (Å²) in [5.41, 5.74) is 2.04. The second-order valence-electron chi connectivity index (χ2n) is 9.21. The number of halogens is 3. The third kappa shape index (κ3) is 8.22. The molecule has 3 N–H and O–H groups in total. The number of thioether (sulfide) groups is 1. The third-order valence-electron chi connectivity index (χ3n) is 6.05. The van der Waals surface area contributed by atoms with Gasteiger partial charge < -0.3 is 16.0 Å². The maximum Gasteiger partial charge on any atom is 0.272 e. The number of hydrogen-bond acceptors (Lipinski definition) is 4. The third-order valence-corrected chi connectivity index (χ3v) is 7.90. The molecule has 10 heteroatoms. The van der Waals surface area contributed by atoms with Gasteiger partial charge in [0, 0.05) is 32.4 Å². The number of nitrogens with one attached hydrogen (secondary N) is 3. The Hall–Kier alpha value is -4.11. The molecule has 0 heterocycles. The summed E-state index contributed by atoms with van der Waals surface area (Å²) in [5, 5.41) is 8.37. The van der Waals surface area contributed by atoms with Crippen LogP contribution in [0.3, 0.4) is 0 Å². The van der Waals surface area contributed by atoms with E-state index in [4.69, 9.17) is 23.2 Å². The Morgan fingerprint density at radius 2 is 1.52 bits per heavy atom. The normalized spacial score (nSPS) is 11.9. The quantitative estimate of drug-likeness (QED) is 0.131. The number of anilines is 2. The number of carbonyl (C=O) groups is 3. The predicted molar refractivity (Wildman–Crippen MR) is 169 cm³/mol. The van der Waals surface area contributed by atoms with E-state index in [2.05, 4.69) is 16.0 Å². The number of rotatable bonds is 9. The minimum Gasteiger partial charge on any atom is -0.325 e. The Bertz CT molecular complexity index is 1630. The van der Waals surface area contributed by atoms with Crippen molar-refractivity contribution in [3.8, 4) is 0 Å². The summed E-state index contributed by atoms with van der Waals surface area (Å²) >= 11 is 13.7. The zero-order chi connectivity index (χ0) is 30.2. The molecule has 42 heavy (non-hydrogen) atoms. The van der Waals surface area contributed by atoms with E-state index in [1.54, 1.807) is 73.7 Å². The van der Waals surface area contributed by atoms with Crippen LogP contribution in [-0.2, 0) is 9.59 Å². The van der Waals surface area contributed by atoms with Gasteiger partial charge in [0.05, 0.1) is 10.3 Å². The van der Waals surface area contributed by atoms with Crippen LogP contribution in [-0.4, -0.2) is 23.0 Å². The zero-order valence-corrected chi connectivity index (χ0v) is 24.9. The molecule has 1 unspecified atom stereocenters. The van der Waals surface area contributed by atoms with Crippen molar-refractivity contribution in [2.75, 3.05) is 10.6 Å². The Labute approximate surface area is 257 Å². The lowest BCUT2D eigenvalue weighted by atomic mass is 10.1. The molecule has 0 aliphatic heterocycles. The van der Waals surface area contributed by atoms with Gasteiger partial charge >= 0.3 is 0 Å². The molecule has 4 aromatic rings. The van der Waals surface area contributed by atoms with Crippen molar-refractivity contribution in [2.24, 2.45) is 0 Å². The molecule has 6 nitrogen and oxygen atoms in total. The molecule has 0 bridgehead atoms. The fraction of sp³-hybridized carbons (Fsp3) is 0.0938. The van der Waals surface area contributed by atoms with Crippen LogP contribution in [0.4, 0.5) is 15.8 Å². The van der Waals surface area contributed by atoms with Crippen LogP contribution in [0.1, 0.15) is 28.4 Å². The molecule has 1 atom stereocenters. The number of aryl methyl sites for hydroxylation is 1. The van der Waals surface area contributed by atoms with Gasteiger partial charge in [-0.3, -0.25) is 14.4 Å². The van der Waals surface area contributed by atoms with Crippen LogP contribution in [0.5, 0.6) is 0 Å². The van der Waals surface area contributed by atoms with Crippen LogP contribution in [0.15, 0.2) is 102 Å². The highest BCUT2D eigenvalue weighted by atomic mass is 35.5. The van der Waals surface area contributed by atoms with Gasteiger partial charge in [0.2, 0.25) is 5.91 Å². The van der Waals surface area contributed by atoms with Crippen molar-refractivity contribution in [1.82, 2.24) is 5.32 Å². The fourth-order valence-corrected chi connectivity index (χ4v) is 4.99. The zero-order valence-electron chi connectivity index (χ0n) is 22.6. The predicted octanol–water partition coefficient (Wildman–Crippen LogP) is 7.97. The lowest BCUT2D eigenvalue weighted by molar-refractivity contribution is -0.115. The van der Waals surface area contributed by atoms with Crippen molar-refractivity contribution in [2.45, 2.75) is 24.0 Å². The van der Waals surface area contributed by atoms with Gasteiger partial charge in [0.15, 0.2) is 0 Å². The molecule has 4 aromatic carbocycles. The molecule has 214 valence electrons. The van der Waals surface area contributed by atoms with Crippen LogP contribution in [0.25, 0.3) is 6.08 Å². The minimum absolute atomic E-state index is 0.0374. The second kappa shape index (κ2) is 14.2. The Morgan fingerprint density at radius 1 is 0.833 bits per heavy atom. The van der Waals surface area contributed by atoms with E-state index in [-0.39, 0.29) is 22.2 Å². The Morgan fingerprint density at radius 3 is 2.19 bits per heavy atom. The largest absolute Gasteiger partial charge is 0.325 e. The van der Waals surface area contributed by atoms with Gasteiger partial charge in [-0.25, -0.2) is 4.39 Å². The molecule has 0 radical (unpaired) electrons. The van der Waals surface area contributed by atoms with Crippen LogP contribution >= 0.6 is 35.0 Å². The maximum absolute atomic E-state index is 14.5. The van der Waals surface area contributed by atoms with Gasteiger partial charge in [-0.05, 0) is 86.2 Å². The highest BCUT2D eigenvalue weighted by Crippen LogP contribution is 2.27. The average molecular weight is 623 g/mol. The first-order valence-electron chi connectivity index (χ1n) is 12.8. The maximum atomic E-state index is 14.5. The van der Waals surface area contributed by atoms with Gasteiger partial charge in [-0.15, -0.1) is 11.8 Å². The summed E-state index contributed by atoms with van der Waals surface area (Å²) in [6, 6.07) is 24.6. The molecule has 0 aliphatic carbocycles. The highest BCUT2D eigenvalue weighted by molar-refractivity contribution is 8.00. The first-order chi connectivity index (χ1) is 20.1. The summed E-state index contributed by atoms with van der Waals surface area (Å²) in [6.45, 7) is 3.67. The van der Waals surface area contributed by atoms with Crippen molar-refractivity contribution < 1.29 is 18.8 Å². The van der Waals surface area contributed by atoms with E-state index in [0.717, 1.165) is 10.5 Å². The summed E-state index contributed by atoms with van der Waals surface area (Å²) in [5.74, 6) is -2.06. The molecule has 0 fully saturated rings. The monoisotopic (exact) mass is 621 g/mol. The first-order valence-corrected chi connectivity index (χ1v) is 14.4.